The molecule has 0 saturated carbocycles. The van der Waals surface area contributed by atoms with Gasteiger partial charge in [-0.05, 0) is 64.6 Å². The zero-order valence-corrected chi connectivity index (χ0v) is 16.9. The van der Waals surface area contributed by atoms with Crippen LogP contribution >= 0.6 is 62.5 Å². The van der Waals surface area contributed by atoms with Crippen LogP contribution in [0.25, 0.3) is 6.08 Å². The van der Waals surface area contributed by atoms with Gasteiger partial charge in [0.2, 0.25) is 0 Å². The molecule has 1 saturated heterocycles. The first-order valence-corrected chi connectivity index (χ1v) is 9.57. The Balaban J connectivity index is 1.94. The van der Waals surface area contributed by atoms with Gasteiger partial charge in [0.25, 0.3) is 5.91 Å². The number of hydrogen-bond donors (Lipinski definition) is 1. The van der Waals surface area contributed by atoms with E-state index in [0.717, 1.165) is 19.3 Å². The van der Waals surface area contributed by atoms with Crippen LogP contribution in [0.3, 0.4) is 0 Å². The number of halogens is 2. The van der Waals surface area contributed by atoms with Crippen molar-refractivity contribution in [1.29, 1.82) is 0 Å². The Bertz CT molecular complexity index is 854. The predicted octanol–water partition coefficient (Wildman–Crippen LogP) is 5.17. The van der Waals surface area contributed by atoms with Gasteiger partial charge in [-0.3, -0.25) is 9.69 Å². The van der Waals surface area contributed by atoms with Crippen LogP contribution in [0.4, 0.5) is 5.69 Å². The summed E-state index contributed by atoms with van der Waals surface area (Å²) in [5.74, 6) is 0.0885. The van der Waals surface area contributed by atoms with Crippen molar-refractivity contribution in [3.05, 3.63) is 61.0 Å². The Hall–Kier alpha value is -0.900. The number of aromatic hydroxyl groups is 1. The number of benzene rings is 2. The molecule has 0 aliphatic carbocycles. The van der Waals surface area contributed by atoms with Crippen LogP contribution in [-0.2, 0) is 4.79 Å². The van der Waals surface area contributed by atoms with Crippen molar-refractivity contribution in [3.63, 3.8) is 0 Å². The molecule has 3 rings (SSSR count). The molecule has 2 aromatic carbocycles. The third-order valence-electron chi connectivity index (χ3n) is 3.13. The third kappa shape index (κ3) is 3.62. The molecule has 0 aromatic heterocycles. The first-order valence-electron chi connectivity index (χ1n) is 6.48. The Morgan fingerprint density at radius 3 is 2.74 bits per heavy atom. The molecule has 1 heterocycles. The molecule has 0 unspecified atom stereocenters. The Labute approximate surface area is 165 Å². The second kappa shape index (κ2) is 6.92. The summed E-state index contributed by atoms with van der Waals surface area (Å²) in [6.07, 6.45) is 1.79. The topological polar surface area (TPSA) is 40.5 Å². The normalized spacial score (nSPS) is 16.4. The maximum atomic E-state index is 12.7. The molecular formula is C16H9BrINO2S2. The largest absolute Gasteiger partial charge is 0.507 e. The van der Waals surface area contributed by atoms with E-state index in [1.165, 1.54) is 16.7 Å². The maximum absolute atomic E-state index is 12.7. The number of rotatable bonds is 2. The molecule has 3 nitrogen and oxygen atoms in total. The van der Waals surface area contributed by atoms with Crippen LogP contribution in [0.15, 0.2) is 51.8 Å². The van der Waals surface area contributed by atoms with Gasteiger partial charge in [0.1, 0.15) is 5.75 Å². The van der Waals surface area contributed by atoms with Crippen LogP contribution in [0, 0.1) is 3.57 Å². The number of hydrogen-bond acceptors (Lipinski definition) is 4. The number of thioether (sulfide) groups is 1. The summed E-state index contributed by atoms with van der Waals surface area (Å²) in [6.45, 7) is 0. The van der Waals surface area contributed by atoms with E-state index in [4.69, 9.17) is 12.2 Å². The first-order chi connectivity index (χ1) is 11.0. The van der Waals surface area contributed by atoms with Crippen molar-refractivity contribution < 1.29 is 9.90 Å². The first kappa shape index (κ1) is 16.9. The van der Waals surface area contributed by atoms with Crippen LogP contribution < -0.4 is 4.90 Å². The molecule has 0 radical (unpaired) electrons. The highest BCUT2D eigenvalue weighted by atomic mass is 127. The third-order valence-corrected chi connectivity index (χ3v) is 5.79. The highest BCUT2D eigenvalue weighted by Gasteiger charge is 2.33. The lowest BCUT2D eigenvalue weighted by atomic mass is 10.2. The number of phenols is 1. The summed E-state index contributed by atoms with van der Waals surface area (Å²) < 4.78 is 2.13. The van der Waals surface area contributed by atoms with Crippen LogP contribution in [0.1, 0.15) is 5.56 Å². The van der Waals surface area contributed by atoms with Gasteiger partial charge in [0.05, 0.1) is 14.2 Å². The van der Waals surface area contributed by atoms with E-state index < -0.39 is 0 Å². The summed E-state index contributed by atoms with van der Waals surface area (Å²) in [7, 11) is 0. The molecule has 116 valence electrons. The Morgan fingerprint density at radius 2 is 2.04 bits per heavy atom. The number of amides is 1. The average molecular weight is 518 g/mol. The summed E-state index contributed by atoms with van der Waals surface area (Å²) >= 11 is 12.1. The smallest absolute Gasteiger partial charge is 0.270 e. The standard InChI is InChI=1S/C16H9BrINO2S2/c17-10-2-1-3-11(8-10)19-15(21)14(23-16(19)22)7-9-4-5-13(20)12(18)6-9/h1-8,20H/b14-7-. The maximum Gasteiger partial charge on any atom is 0.270 e. The molecule has 0 atom stereocenters. The molecule has 1 aliphatic rings. The van der Waals surface area contributed by atoms with Gasteiger partial charge in [0, 0.05) is 4.47 Å². The molecule has 7 heteroatoms. The molecule has 1 N–H and O–H groups in total. The van der Waals surface area contributed by atoms with Gasteiger partial charge in [-0.2, -0.15) is 0 Å². The van der Waals surface area contributed by atoms with Crippen LogP contribution in [-0.4, -0.2) is 15.3 Å². The Morgan fingerprint density at radius 1 is 1.26 bits per heavy atom. The van der Waals surface area contributed by atoms with Crippen molar-refractivity contribution in [3.8, 4) is 5.75 Å². The number of carbonyl (C=O) groups is 1. The molecule has 0 bridgehead atoms. The summed E-state index contributed by atoms with van der Waals surface area (Å²) in [6, 6.07) is 12.7. The van der Waals surface area contributed by atoms with E-state index in [9.17, 15) is 9.90 Å². The van der Waals surface area contributed by atoms with Crippen molar-refractivity contribution in [2.45, 2.75) is 0 Å². The SMILES string of the molecule is O=C1/C(=C/c2ccc(O)c(I)c2)SC(=S)N1c1cccc(Br)c1. The van der Waals surface area contributed by atoms with E-state index in [1.807, 2.05) is 30.3 Å². The molecule has 2 aromatic rings. The minimum absolute atomic E-state index is 0.138. The van der Waals surface area contributed by atoms with Gasteiger partial charge in [0.15, 0.2) is 4.32 Å². The zero-order valence-electron chi connectivity index (χ0n) is 11.5. The monoisotopic (exact) mass is 517 g/mol. The summed E-state index contributed by atoms with van der Waals surface area (Å²) in [4.78, 5) is 14.8. The number of thiocarbonyl (C=S) groups is 1. The second-order valence-corrected chi connectivity index (χ2v) is 8.46. The van der Waals surface area contributed by atoms with Gasteiger partial charge < -0.3 is 5.11 Å². The van der Waals surface area contributed by atoms with E-state index in [1.54, 1.807) is 18.2 Å². The van der Waals surface area contributed by atoms with Crippen molar-refractivity contribution in [2.75, 3.05) is 4.90 Å². The van der Waals surface area contributed by atoms with Gasteiger partial charge in [-0.15, -0.1) is 0 Å². The fourth-order valence-electron chi connectivity index (χ4n) is 2.07. The van der Waals surface area contributed by atoms with Gasteiger partial charge in [-0.1, -0.05) is 52.0 Å². The quantitative estimate of drug-likeness (QED) is 0.339. The molecule has 23 heavy (non-hydrogen) atoms. The molecule has 0 spiro atoms. The van der Waals surface area contributed by atoms with Crippen molar-refractivity contribution in [1.82, 2.24) is 0 Å². The minimum Gasteiger partial charge on any atom is -0.507 e. The molecular weight excluding hydrogens is 509 g/mol. The fraction of sp³-hybridized carbons (Fsp3) is 0. The highest BCUT2D eigenvalue weighted by Crippen LogP contribution is 2.37. The van der Waals surface area contributed by atoms with Gasteiger partial charge >= 0.3 is 0 Å². The highest BCUT2D eigenvalue weighted by molar-refractivity contribution is 14.1. The predicted molar refractivity (Wildman–Crippen MR) is 111 cm³/mol. The number of phenolic OH excluding ortho intramolecular Hbond substituents is 1. The lowest BCUT2D eigenvalue weighted by Gasteiger charge is -2.14. The lowest BCUT2D eigenvalue weighted by molar-refractivity contribution is -0.113. The van der Waals surface area contributed by atoms with Crippen LogP contribution in [0.2, 0.25) is 0 Å². The zero-order chi connectivity index (χ0) is 16.6. The van der Waals surface area contributed by atoms with E-state index in [-0.39, 0.29) is 11.7 Å². The number of carbonyl (C=O) groups excluding carboxylic acids is 1. The van der Waals surface area contributed by atoms with Crippen molar-refractivity contribution in [2.24, 2.45) is 0 Å². The van der Waals surface area contributed by atoms with Gasteiger partial charge in [-0.25, -0.2) is 0 Å². The average Bonchev–Trinajstić information content (AvgIpc) is 2.77. The van der Waals surface area contributed by atoms with E-state index >= 15 is 0 Å². The summed E-state index contributed by atoms with van der Waals surface area (Å²) in [5, 5.41) is 9.58. The van der Waals surface area contributed by atoms with Crippen LogP contribution in [0.5, 0.6) is 5.75 Å². The molecule has 1 aliphatic heterocycles. The molecule has 1 amide bonds. The van der Waals surface area contributed by atoms with E-state index in [0.29, 0.717) is 9.23 Å². The Kier molecular flexibility index (Phi) is 5.10. The summed E-state index contributed by atoms with van der Waals surface area (Å²) in [5.41, 5.74) is 1.59. The number of anilines is 1. The molecule has 1 fully saturated rings. The lowest BCUT2D eigenvalue weighted by Crippen LogP contribution is -2.27. The number of nitrogens with zero attached hydrogens (tertiary/aromatic N) is 1. The second-order valence-electron chi connectivity index (χ2n) is 4.71. The van der Waals surface area contributed by atoms with Crippen molar-refractivity contribution >= 4 is 84.5 Å². The minimum atomic E-state index is -0.138. The van der Waals surface area contributed by atoms with E-state index in [2.05, 4.69) is 38.5 Å². The fourth-order valence-corrected chi connectivity index (χ4v) is 4.30.